The number of hydrogen-bond donors (Lipinski definition) is 2. The zero-order valence-corrected chi connectivity index (χ0v) is 16.8. The Morgan fingerprint density at radius 2 is 1.89 bits per heavy atom. The largest absolute Gasteiger partial charge is 0.492 e. The Labute approximate surface area is 164 Å². The van der Waals surface area contributed by atoms with Gasteiger partial charge in [-0.05, 0) is 43.7 Å². The van der Waals surface area contributed by atoms with Crippen molar-refractivity contribution in [3.8, 4) is 5.75 Å². The minimum Gasteiger partial charge on any atom is -0.492 e. The number of nitrogens with one attached hydrogen (secondary N) is 2. The van der Waals surface area contributed by atoms with Crippen molar-refractivity contribution < 1.29 is 17.9 Å². The summed E-state index contributed by atoms with van der Waals surface area (Å²) < 4.78 is 32.9. The smallest absolute Gasteiger partial charge is 0.253 e. The molecule has 0 saturated carbocycles. The van der Waals surface area contributed by atoms with Crippen molar-refractivity contribution in [1.29, 1.82) is 0 Å². The minimum atomic E-state index is -3.79. The first-order valence-corrected chi connectivity index (χ1v) is 10.5. The summed E-state index contributed by atoms with van der Waals surface area (Å²) in [4.78, 5) is 12.3. The Hall–Kier alpha value is -2.09. The molecule has 0 aromatic heterocycles. The van der Waals surface area contributed by atoms with E-state index in [1.54, 1.807) is 12.1 Å². The number of hydrogen-bond acceptors (Lipinski definition) is 4. The average Bonchev–Trinajstić information content (AvgIpc) is 2.66. The van der Waals surface area contributed by atoms with Crippen LogP contribution < -0.4 is 14.8 Å². The highest BCUT2D eigenvalue weighted by atomic mass is 35.5. The van der Waals surface area contributed by atoms with Gasteiger partial charge in [0, 0.05) is 12.6 Å². The Kier molecular flexibility index (Phi) is 7.65. The van der Waals surface area contributed by atoms with Gasteiger partial charge in [-0.15, -0.1) is 0 Å². The molecule has 0 saturated heterocycles. The van der Waals surface area contributed by atoms with Crippen LogP contribution >= 0.6 is 11.6 Å². The highest BCUT2D eigenvalue weighted by molar-refractivity contribution is 7.89. The van der Waals surface area contributed by atoms with Crippen molar-refractivity contribution in [3.63, 3.8) is 0 Å². The maximum absolute atomic E-state index is 12.5. The first-order valence-electron chi connectivity index (χ1n) is 8.61. The Bertz CT molecular complexity index is 873. The number of benzene rings is 2. The fourth-order valence-corrected chi connectivity index (χ4v) is 3.44. The number of halogens is 1. The number of rotatable bonds is 9. The molecule has 0 fully saturated rings. The molecule has 0 bridgehead atoms. The molecule has 0 heterocycles. The zero-order valence-electron chi connectivity index (χ0n) is 15.2. The van der Waals surface area contributed by atoms with Crippen LogP contribution in [0, 0.1) is 0 Å². The van der Waals surface area contributed by atoms with E-state index in [-0.39, 0.29) is 34.7 Å². The van der Waals surface area contributed by atoms with Crippen molar-refractivity contribution in [1.82, 2.24) is 10.0 Å². The van der Waals surface area contributed by atoms with Gasteiger partial charge < -0.3 is 10.1 Å². The molecule has 1 atom stereocenters. The SMILES string of the molecule is CCC(C)NC(=O)c1cc(S(=O)(=O)NCCOc2ccccc2)ccc1Cl. The van der Waals surface area contributed by atoms with Gasteiger partial charge in [0.25, 0.3) is 5.91 Å². The van der Waals surface area contributed by atoms with Crippen LogP contribution in [-0.4, -0.2) is 33.5 Å². The summed E-state index contributed by atoms with van der Waals surface area (Å²) in [6, 6.07) is 13.1. The van der Waals surface area contributed by atoms with Crippen LogP contribution in [0.4, 0.5) is 0 Å². The molecule has 0 spiro atoms. The third kappa shape index (κ3) is 6.23. The number of carbonyl (C=O) groups excluding carboxylic acids is 1. The zero-order chi connectivity index (χ0) is 19.9. The molecule has 146 valence electrons. The highest BCUT2D eigenvalue weighted by Gasteiger charge is 2.19. The lowest BCUT2D eigenvalue weighted by molar-refractivity contribution is 0.0939. The predicted molar refractivity (Wildman–Crippen MR) is 106 cm³/mol. The summed E-state index contributed by atoms with van der Waals surface area (Å²) in [6.45, 7) is 4.07. The monoisotopic (exact) mass is 410 g/mol. The molecule has 2 aromatic rings. The van der Waals surface area contributed by atoms with E-state index in [1.165, 1.54) is 18.2 Å². The third-order valence-electron chi connectivity index (χ3n) is 3.89. The van der Waals surface area contributed by atoms with Gasteiger partial charge in [-0.1, -0.05) is 36.7 Å². The number of amides is 1. The van der Waals surface area contributed by atoms with Crippen LogP contribution in [0.2, 0.25) is 5.02 Å². The first-order chi connectivity index (χ1) is 12.8. The first kappa shape index (κ1) is 21.2. The number of carbonyl (C=O) groups is 1. The quantitative estimate of drug-likeness (QED) is 0.621. The summed E-state index contributed by atoms with van der Waals surface area (Å²) >= 11 is 6.07. The van der Waals surface area contributed by atoms with E-state index in [1.807, 2.05) is 32.0 Å². The van der Waals surface area contributed by atoms with Crippen LogP contribution in [0.15, 0.2) is 53.4 Å². The molecule has 6 nitrogen and oxygen atoms in total. The van der Waals surface area contributed by atoms with Crippen molar-refractivity contribution in [3.05, 3.63) is 59.1 Å². The van der Waals surface area contributed by atoms with Crippen LogP contribution in [0.1, 0.15) is 30.6 Å². The lowest BCUT2D eigenvalue weighted by Crippen LogP contribution is -2.32. The standard InChI is InChI=1S/C19H23ClN2O4S/c1-3-14(2)22-19(23)17-13-16(9-10-18(17)20)27(24,25)21-11-12-26-15-7-5-4-6-8-15/h4-10,13-14,21H,3,11-12H2,1-2H3,(H,22,23). The van der Waals surface area contributed by atoms with Crippen molar-refractivity contribution in [2.24, 2.45) is 0 Å². The molecular formula is C19H23ClN2O4S. The van der Waals surface area contributed by atoms with Crippen LogP contribution in [0.25, 0.3) is 0 Å². The number of ether oxygens (including phenoxy) is 1. The summed E-state index contributed by atoms with van der Waals surface area (Å²) in [5.41, 5.74) is 0.125. The van der Waals surface area contributed by atoms with Gasteiger partial charge in [-0.25, -0.2) is 13.1 Å². The maximum atomic E-state index is 12.5. The molecule has 0 aliphatic carbocycles. The van der Waals surface area contributed by atoms with Crippen molar-refractivity contribution in [2.75, 3.05) is 13.2 Å². The Balaban J connectivity index is 2.02. The van der Waals surface area contributed by atoms with Gasteiger partial charge >= 0.3 is 0 Å². The molecule has 1 unspecified atom stereocenters. The van der Waals surface area contributed by atoms with Gasteiger partial charge in [0.05, 0.1) is 15.5 Å². The van der Waals surface area contributed by atoms with E-state index < -0.39 is 15.9 Å². The van der Waals surface area contributed by atoms with E-state index in [2.05, 4.69) is 10.0 Å². The fraction of sp³-hybridized carbons (Fsp3) is 0.316. The van der Waals surface area contributed by atoms with Crippen LogP contribution in [0.3, 0.4) is 0 Å². The Morgan fingerprint density at radius 3 is 2.56 bits per heavy atom. The molecule has 2 aromatic carbocycles. The second-order valence-electron chi connectivity index (χ2n) is 5.98. The van der Waals surface area contributed by atoms with Gasteiger partial charge in [0.1, 0.15) is 12.4 Å². The minimum absolute atomic E-state index is 0.0269. The summed E-state index contributed by atoms with van der Waals surface area (Å²) in [7, 11) is -3.79. The van der Waals surface area contributed by atoms with E-state index >= 15 is 0 Å². The van der Waals surface area contributed by atoms with E-state index in [0.29, 0.717) is 5.75 Å². The Morgan fingerprint density at radius 1 is 1.19 bits per heavy atom. The van der Waals surface area contributed by atoms with Gasteiger partial charge in [-0.2, -0.15) is 0 Å². The topological polar surface area (TPSA) is 84.5 Å². The van der Waals surface area contributed by atoms with E-state index in [0.717, 1.165) is 6.42 Å². The highest BCUT2D eigenvalue weighted by Crippen LogP contribution is 2.21. The fourth-order valence-electron chi connectivity index (χ4n) is 2.19. The molecule has 1 amide bonds. The second-order valence-corrected chi connectivity index (χ2v) is 8.16. The molecule has 27 heavy (non-hydrogen) atoms. The predicted octanol–water partition coefficient (Wildman–Crippen LogP) is 3.23. The third-order valence-corrected chi connectivity index (χ3v) is 5.68. The maximum Gasteiger partial charge on any atom is 0.253 e. The number of para-hydroxylation sites is 1. The molecular weight excluding hydrogens is 388 g/mol. The molecule has 8 heteroatoms. The normalized spacial score (nSPS) is 12.4. The average molecular weight is 411 g/mol. The van der Waals surface area contributed by atoms with Gasteiger partial charge in [0.15, 0.2) is 0 Å². The summed E-state index contributed by atoms with van der Waals surface area (Å²) in [5.74, 6) is 0.256. The number of sulfonamides is 1. The van der Waals surface area contributed by atoms with E-state index in [4.69, 9.17) is 16.3 Å². The molecule has 2 rings (SSSR count). The van der Waals surface area contributed by atoms with Crippen molar-refractivity contribution in [2.45, 2.75) is 31.2 Å². The van der Waals surface area contributed by atoms with Gasteiger partial charge in [0.2, 0.25) is 10.0 Å². The molecule has 0 aliphatic heterocycles. The van der Waals surface area contributed by atoms with Gasteiger partial charge in [-0.3, -0.25) is 4.79 Å². The van der Waals surface area contributed by atoms with E-state index in [9.17, 15) is 13.2 Å². The van der Waals surface area contributed by atoms with Crippen LogP contribution in [0.5, 0.6) is 5.75 Å². The lowest BCUT2D eigenvalue weighted by Gasteiger charge is -2.13. The second kappa shape index (κ2) is 9.73. The molecule has 0 aliphatic rings. The summed E-state index contributed by atoms with van der Waals surface area (Å²) in [6.07, 6.45) is 0.754. The van der Waals surface area contributed by atoms with Crippen molar-refractivity contribution >= 4 is 27.5 Å². The summed E-state index contributed by atoms with van der Waals surface area (Å²) in [5, 5.41) is 2.97. The lowest BCUT2D eigenvalue weighted by atomic mass is 10.2. The molecule has 0 radical (unpaired) electrons. The molecule has 2 N–H and O–H groups in total. The van der Waals surface area contributed by atoms with Crippen LogP contribution in [-0.2, 0) is 10.0 Å².